The number of rotatable bonds is 9. The highest BCUT2D eigenvalue weighted by Gasteiger charge is 2.33. The monoisotopic (exact) mass is 487 g/mol. The molecule has 0 saturated heterocycles. The largest absolute Gasteiger partial charge is 0.390 e. The number of aromatic nitrogens is 4. The van der Waals surface area contributed by atoms with Crippen molar-refractivity contribution in [3.63, 3.8) is 0 Å². The quantitative estimate of drug-likeness (QED) is 0.198. The third-order valence-corrected chi connectivity index (χ3v) is 7.52. The second-order valence-electron chi connectivity index (χ2n) is 7.07. The SMILES string of the molecule is NCC1=CCN(c2ccc(S(=O)(=O)NC[C@H](O)CN)c(S(N)(=O)=O)c2-c2nn[nH]n2)CC1. The van der Waals surface area contributed by atoms with E-state index in [1.165, 1.54) is 6.07 Å². The first kappa shape index (κ1) is 24.2. The number of tetrazole rings is 1. The van der Waals surface area contributed by atoms with Gasteiger partial charge in [0, 0.05) is 38.4 Å². The van der Waals surface area contributed by atoms with Crippen LogP contribution in [0.3, 0.4) is 0 Å². The van der Waals surface area contributed by atoms with E-state index in [9.17, 15) is 21.9 Å². The molecule has 0 spiro atoms. The first-order valence-corrected chi connectivity index (χ1v) is 12.6. The van der Waals surface area contributed by atoms with Crippen molar-refractivity contribution in [2.24, 2.45) is 16.6 Å². The number of hydrogen-bond donors (Lipinski definition) is 6. The molecule has 14 nitrogen and oxygen atoms in total. The van der Waals surface area contributed by atoms with Crippen LogP contribution in [0.1, 0.15) is 6.42 Å². The molecule has 1 atom stereocenters. The first-order valence-electron chi connectivity index (χ1n) is 9.52. The summed E-state index contributed by atoms with van der Waals surface area (Å²) in [5.41, 5.74) is 12.3. The van der Waals surface area contributed by atoms with Gasteiger partial charge in [0.25, 0.3) is 0 Å². The Hall–Kier alpha value is -2.47. The summed E-state index contributed by atoms with van der Waals surface area (Å²) in [6, 6.07) is 2.59. The van der Waals surface area contributed by atoms with E-state index in [0.717, 1.165) is 11.6 Å². The molecule has 0 unspecified atom stereocenters. The van der Waals surface area contributed by atoms with Crippen molar-refractivity contribution in [1.82, 2.24) is 25.3 Å². The number of aliphatic hydroxyl groups excluding tert-OH is 1. The predicted molar refractivity (Wildman–Crippen MR) is 115 cm³/mol. The van der Waals surface area contributed by atoms with Crippen LogP contribution in [0.25, 0.3) is 11.4 Å². The van der Waals surface area contributed by atoms with Gasteiger partial charge in [-0.05, 0) is 23.8 Å². The molecule has 1 aliphatic rings. The normalized spacial score (nSPS) is 16.1. The van der Waals surface area contributed by atoms with Crippen molar-refractivity contribution >= 4 is 25.7 Å². The summed E-state index contributed by atoms with van der Waals surface area (Å²) < 4.78 is 53.3. The van der Waals surface area contributed by atoms with Crippen LogP contribution in [0.5, 0.6) is 0 Å². The molecule has 32 heavy (non-hydrogen) atoms. The Morgan fingerprint density at radius 3 is 2.53 bits per heavy atom. The standard InChI is InChI=1S/C16H25N9O5S2/c17-7-10-3-5-25(6-4-10)12-1-2-13(32(29,30)20-9-11(26)8-18)15(31(19,27)28)14(12)16-21-23-24-22-16/h1-3,11,20,26H,4-9,17-18H2,(H2,19,27,28)(H,21,22,23,24)/t11-/m1/s1. The lowest BCUT2D eigenvalue weighted by atomic mass is 10.1. The molecule has 1 aromatic carbocycles. The highest BCUT2D eigenvalue weighted by molar-refractivity contribution is 7.92. The van der Waals surface area contributed by atoms with Gasteiger partial charge < -0.3 is 21.5 Å². The Kier molecular flexibility index (Phi) is 7.23. The molecule has 1 aromatic heterocycles. The summed E-state index contributed by atoms with van der Waals surface area (Å²) in [6.45, 7) is 0.719. The number of anilines is 1. The van der Waals surface area contributed by atoms with E-state index in [-0.39, 0.29) is 17.9 Å². The van der Waals surface area contributed by atoms with Gasteiger partial charge in [-0.2, -0.15) is 5.21 Å². The lowest BCUT2D eigenvalue weighted by Crippen LogP contribution is -2.37. The number of sulfonamides is 2. The molecule has 16 heteroatoms. The average molecular weight is 488 g/mol. The van der Waals surface area contributed by atoms with E-state index in [0.29, 0.717) is 31.7 Å². The van der Waals surface area contributed by atoms with Gasteiger partial charge in [0.15, 0.2) is 0 Å². The number of hydrogen-bond acceptors (Lipinski definition) is 11. The predicted octanol–water partition coefficient (Wildman–Crippen LogP) is -2.79. The fourth-order valence-electron chi connectivity index (χ4n) is 3.28. The molecule has 2 aromatic rings. The van der Waals surface area contributed by atoms with Crippen LogP contribution in [0, 0.1) is 0 Å². The number of primary sulfonamides is 1. The molecule has 0 radical (unpaired) electrons. The number of aromatic amines is 1. The Morgan fingerprint density at radius 2 is 2.00 bits per heavy atom. The number of nitrogens with zero attached hydrogens (tertiary/aromatic N) is 4. The summed E-state index contributed by atoms with van der Waals surface area (Å²) in [5, 5.41) is 28.5. The van der Waals surface area contributed by atoms with Crippen LogP contribution in [-0.4, -0.2) is 81.4 Å². The van der Waals surface area contributed by atoms with Crippen LogP contribution >= 0.6 is 0 Å². The molecule has 2 heterocycles. The van der Waals surface area contributed by atoms with Crippen molar-refractivity contribution in [3.05, 3.63) is 23.8 Å². The summed E-state index contributed by atoms with van der Waals surface area (Å²) in [4.78, 5) is 0.546. The minimum absolute atomic E-state index is 0.104. The minimum atomic E-state index is -4.58. The fraction of sp³-hybridized carbons (Fsp3) is 0.438. The van der Waals surface area contributed by atoms with Crippen LogP contribution < -0.4 is 26.2 Å². The van der Waals surface area contributed by atoms with E-state index in [2.05, 4.69) is 25.3 Å². The fourth-order valence-corrected chi connectivity index (χ4v) is 5.94. The first-order chi connectivity index (χ1) is 15.1. The molecule has 1 aliphatic heterocycles. The Labute approximate surface area is 184 Å². The van der Waals surface area contributed by atoms with Gasteiger partial charge in [0.1, 0.15) is 9.79 Å². The molecule has 3 rings (SSSR count). The summed E-state index contributed by atoms with van der Waals surface area (Å²) in [7, 11) is -9.00. The summed E-state index contributed by atoms with van der Waals surface area (Å²) >= 11 is 0. The lowest BCUT2D eigenvalue weighted by molar-refractivity contribution is 0.186. The van der Waals surface area contributed by atoms with Crippen molar-refractivity contribution in [1.29, 1.82) is 0 Å². The van der Waals surface area contributed by atoms with Gasteiger partial charge in [0.05, 0.1) is 11.7 Å². The average Bonchev–Trinajstić information content (AvgIpc) is 3.30. The van der Waals surface area contributed by atoms with Gasteiger partial charge in [-0.3, -0.25) is 0 Å². The van der Waals surface area contributed by atoms with E-state index in [1.807, 2.05) is 11.0 Å². The Balaban J connectivity index is 2.22. The molecule has 0 fully saturated rings. The maximum Gasteiger partial charge on any atom is 0.242 e. The highest BCUT2D eigenvalue weighted by Crippen LogP contribution is 2.39. The van der Waals surface area contributed by atoms with Gasteiger partial charge >= 0.3 is 0 Å². The minimum Gasteiger partial charge on any atom is -0.390 e. The van der Waals surface area contributed by atoms with Gasteiger partial charge in [0.2, 0.25) is 25.9 Å². The smallest absolute Gasteiger partial charge is 0.242 e. The molecule has 176 valence electrons. The second-order valence-corrected chi connectivity index (χ2v) is 10.3. The van der Waals surface area contributed by atoms with E-state index >= 15 is 0 Å². The summed E-state index contributed by atoms with van der Waals surface area (Å²) in [6.07, 6.45) is 1.40. The van der Waals surface area contributed by atoms with Crippen LogP contribution in [0.4, 0.5) is 5.69 Å². The number of H-pyrrole nitrogens is 1. The van der Waals surface area contributed by atoms with Crippen LogP contribution in [-0.2, 0) is 20.0 Å². The second kappa shape index (κ2) is 9.57. The lowest BCUT2D eigenvalue weighted by Gasteiger charge is -2.30. The Morgan fingerprint density at radius 1 is 1.25 bits per heavy atom. The molecule has 0 aliphatic carbocycles. The number of nitrogens with two attached hydrogens (primary N) is 3. The van der Waals surface area contributed by atoms with Gasteiger partial charge in [-0.1, -0.05) is 11.6 Å². The molecular weight excluding hydrogens is 462 g/mol. The molecule has 0 saturated carbocycles. The topological polar surface area (TPSA) is 236 Å². The summed E-state index contributed by atoms with van der Waals surface area (Å²) in [5.74, 6) is -0.142. The maximum absolute atomic E-state index is 12.9. The third-order valence-electron chi connectivity index (χ3n) is 4.93. The van der Waals surface area contributed by atoms with E-state index in [1.54, 1.807) is 0 Å². The van der Waals surface area contributed by atoms with Crippen molar-refractivity contribution in [2.45, 2.75) is 22.3 Å². The molecular formula is C16H25N9O5S2. The van der Waals surface area contributed by atoms with Gasteiger partial charge in [-0.15, -0.1) is 10.2 Å². The van der Waals surface area contributed by atoms with Crippen LogP contribution in [0.2, 0.25) is 0 Å². The maximum atomic E-state index is 12.9. The molecule has 0 bridgehead atoms. The van der Waals surface area contributed by atoms with Crippen molar-refractivity contribution < 1.29 is 21.9 Å². The van der Waals surface area contributed by atoms with Gasteiger partial charge in [-0.25, -0.2) is 26.7 Å². The number of nitrogens with one attached hydrogen (secondary N) is 2. The van der Waals surface area contributed by atoms with Crippen molar-refractivity contribution in [3.8, 4) is 11.4 Å². The third kappa shape index (κ3) is 5.12. The number of benzene rings is 1. The Bertz CT molecular complexity index is 1200. The zero-order chi connectivity index (χ0) is 23.5. The molecule has 0 amide bonds. The van der Waals surface area contributed by atoms with E-state index < -0.39 is 42.5 Å². The van der Waals surface area contributed by atoms with E-state index in [4.69, 9.17) is 16.6 Å². The molecule has 9 N–H and O–H groups in total. The highest BCUT2D eigenvalue weighted by atomic mass is 32.2. The van der Waals surface area contributed by atoms with Crippen LogP contribution in [0.15, 0.2) is 33.6 Å². The van der Waals surface area contributed by atoms with Crippen molar-refractivity contribution in [2.75, 3.05) is 37.6 Å². The zero-order valence-electron chi connectivity index (χ0n) is 17.0. The zero-order valence-corrected chi connectivity index (χ0v) is 18.6. The number of aliphatic hydroxyl groups is 1.